The molecule has 2 amide bonds. The van der Waals surface area contributed by atoms with Crippen LogP contribution in [0.2, 0.25) is 0 Å². The van der Waals surface area contributed by atoms with Crippen molar-refractivity contribution in [1.29, 1.82) is 0 Å². The number of carbonyl (C=O) groups is 2. The number of benzene rings is 1. The lowest BCUT2D eigenvalue weighted by molar-refractivity contribution is -0.319. The predicted molar refractivity (Wildman–Crippen MR) is 232 cm³/mol. The zero-order valence-corrected chi connectivity index (χ0v) is 39.6. The third-order valence-electron chi connectivity index (χ3n) is 13.9. The summed E-state index contributed by atoms with van der Waals surface area (Å²) in [5.41, 5.74) is -3.36. The lowest BCUT2D eigenvalue weighted by Gasteiger charge is -2.49. The Morgan fingerprint density at radius 3 is 2.13 bits per heavy atom. The van der Waals surface area contributed by atoms with Crippen LogP contribution < -0.4 is 5.32 Å². The Morgan fingerprint density at radius 2 is 1.55 bits per heavy atom. The average molecular weight is 882 g/mol. The fraction of sp³-hybridized carbons (Fsp3) is 0.826. The standard InChI is InChI=1S/C46H79N3O13/c1-15-34-46(10,55)38(51)30(6)49(43(54)47-24-32-19-17-16-18-20-32)25-26(2)22-45(9,57-14)40(62-42-36(50)33(48(11)12)21-27(3)58-42)28(4)37(29(5)41(53)60-34)61-35-23-44(8,56-13)39(52)31(7)59-35/h16-20,26-31,33-40,42,50-52,55H,15,21-25H2,1-14H3,(H,47,54)/t26-,27-,28+,29-,30-,31+,33+,34-,35+,36-,37+,38-,39+,40-,42+,44-,45-,46-/m1/s1. The number of aliphatic hydroxyl groups is 4. The van der Waals surface area contributed by atoms with E-state index in [-0.39, 0.29) is 50.4 Å². The lowest BCUT2D eigenvalue weighted by atomic mass is 9.77. The third kappa shape index (κ3) is 11.9. The van der Waals surface area contributed by atoms with E-state index in [1.165, 1.54) is 18.9 Å². The number of nitrogens with one attached hydrogen (secondary N) is 1. The number of hydrogen-bond acceptors (Lipinski definition) is 14. The van der Waals surface area contributed by atoms with Crippen molar-refractivity contribution in [3.63, 3.8) is 0 Å². The van der Waals surface area contributed by atoms with Gasteiger partial charge in [0.25, 0.3) is 0 Å². The molecule has 0 unspecified atom stereocenters. The van der Waals surface area contributed by atoms with Crippen LogP contribution in [-0.4, -0.2) is 167 Å². The molecule has 356 valence electrons. The van der Waals surface area contributed by atoms with Crippen LogP contribution in [0.15, 0.2) is 30.3 Å². The van der Waals surface area contributed by atoms with Crippen molar-refractivity contribution in [3.05, 3.63) is 35.9 Å². The molecular formula is C46H79N3O13. The number of nitrogens with zero attached hydrogens (tertiary/aromatic N) is 2. The molecule has 5 N–H and O–H groups in total. The van der Waals surface area contributed by atoms with Gasteiger partial charge in [-0.25, -0.2) is 4.79 Å². The minimum Gasteiger partial charge on any atom is -0.459 e. The molecule has 0 aliphatic carbocycles. The number of methoxy groups -OCH3 is 2. The molecule has 62 heavy (non-hydrogen) atoms. The van der Waals surface area contributed by atoms with E-state index >= 15 is 0 Å². The fourth-order valence-corrected chi connectivity index (χ4v) is 9.83. The summed E-state index contributed by atoms with van der Waals surface area (Å²) in [6.45, 7) is 18.0. The molecule has 3 aliphatic heterocycles. The second-order valence-corrected chi connectivity index (χ2v) is 19.2. The molecule has 0 bridgehead atoms. The van der Waals surface area contributed by atoms with Crippen LogP contribution >= 0.6 is 0 Å². The predicted octanol–water partition coefficient (Wildman–Crippen LogP) is 3.83. The maximum atomic E-state index is 14.6. The van der Waals surface area contributed by atoms with Gasteiger partial charge in [0.1, 0.15) is 30.0 Å². The first kappa shape index (κ1) is 52.1. The summed E-state index contributed by atoms with van der Waals surface area (Å²) in [5, 5.41) is 50.0. The van der Waals surface area contributed by atoms with Gasteiger partial charge in [-0.1, -0.05) is 51.1 Å². The van der Waals surface area contributed by atoms with Crippen LogP contribution in [0.1, 0.15) is 100 Å². The quantitative estimate of drug-likeness (QED) is 0.213. The summed E-state index contributed by atoms with van der Waals surface area (Å²) < 4.78 is 44.8. The average Bonchev–Trinajstić information content (AvgIpc) is 3.23. The molecule has 16 heteroatoms. The zero-order chi connectivity index (χ0) is 46.5. The Bertz CT molecular complexity index is 1570. The van der Waals surface area contributed by atoms with E-state index in [0.29, 0.717) is 6.42 Å². The second-order valence-electron chi connectivity index (χ2n) is 19.2. The lowest BCUT2D eigenvalue weighted by Crippen LogP contribution is -2.61. The van der Waals surface area contributed by atoms with Gasteiger partial charge in [-0.15, -0.1) is 0 Å². The highest BCUT2D eigenvalue weighted by molar-refractivity contribution is 5.75. The number of esters is 1. The van der Waals surface area contributed by atoms with Gasteiger partial charge in [0.2, 0.25) is 0 Å². The molecule has 0 radical (unpaired) electrons. The monoisotopic (exact) mass is 882 g/mol. The number of rotatable bonds is 10. The summed E-state index contributed by atoms with van der Waals surface area (Å²) in [4.78, 5) is 32.2. The fourth-order valence-electron chi connectivity index (χ4n) is 9.83. The molecule has 0 aromatic heterocycles. The minimum atomic E-state index is -2.01. The van der Waals surface area contributed by atoms with E-state index in [9.17, 15) is 30.0 Å². The van der Waals surface area contributed by atoms with E-state index in [1.807, 2.05) is 77.0 Å². The van der Waals surface area contributed by atoms with E-state index in [0.717, 1.165) is 5.56 Å². The Labute approximate surface area is 369 Å². The molecule has 3 saturated heterocycles. The maximum absolute atomic E-state index is 14.6. The van der Waals surface area contributed by atoms with Crippen molar-refractivity contribution in [3.8, 4) is 0 Å². The van der Waals surface area contributed by atoms with Gasteiger partial charge in [0.15, 0.2) is 12.6 Å². The Morgan fingerprint density at radius 1 is 0.919 bits per heavy atom. The summed E-state index contributed by atoms with van der Waals surface area (Å²) in [7, 11) is 6.87. The van der Waals surface area contributed by atoms with Crippen molar-refractivity contribution in [1.82, 2.24) is 15.1 Å². The first-order valence-corrected chi connectivity index (χ1v) is 22.4. The number of carbonyl (C=O) groups excluding carboxylic acids is 2. The van der Waals surface area contributed by atoms with Crippen molar-refractivity contribution in [2.24, 2.45) is 17.8 Å². The van der Waals surface area contributed by atoms with Crippen LogP contribution in [0.4, 0.5) is 4.79 Å². The van der Waals surface area contributed by atoms with Crippen molar-refractivity contribution in [2.75, 3.05) is 34.9 Å². The molecule has 0 spiro atoms. The first-order valence-electron chi connectivity index (χ1n) is 22.4. The highest BCUT2D eigenvalue weighted by atomic mass is 16.7. The number of hydrogen-bond donors (Lipinski definition) is 5. The molecule has 1 aromatic rings. The van der Waals surface area contributed by atoms with Gasteiger partial charge < -0.3 is 68.7 Å². The summed E-state index contributed by atoms with van der Waals surface area (Å²) >= 11 is 0. The maximum Gasteiger partial charge on any atom is 0.318 e. The molecule has 3 aliphatic rings. The van der Waals surface area contributed by atoms with E-state index in [4.69, 9.17) is 33.2 Å². The molecule has 18 atom stereocenters. The van der Waals surface area contributed by atoms with Gasteiger partial charge in [-0.05, 0) is 93.3 Å². The largest absolute Gasteiger partial charge is 0.459 e. The molecule has 3 heterocycles. The molecule has 16 nitrogen and oxygen atoms in total. The van der Waals surface area contributed by atoms with Crippen molar-refractivity contribution >= 4 is 12.0 Å². The molecule has 1 aromatic carbocycles. The van der Waals surface area contributed by atoms with Gasteiger partial charge in [-0.2, -0.15) is 0 Å². The number of likely N-dealkylation sites (N-methyl/N-ethyl adjacent to an activating group) is 1. The number of amides is 2. The molecule has 3 fully saturated rings. The van der Waals surface area contributed by atoms with Crippen LogP contribution in [0, 0.1) is 17.8 Å². The van der Waals surface area contributed by atoms with Gasteiger partial charge >= 0.3 is 12.0 Å². The van der Waals surface area contributed by atoms with E-state index in [2.05, 4.69) is 5.32 Å². The van der Waals surface area contributed by atoms with Gasteiger partial charge in [0, 0.05) is 45.7 Å². The van der Waals surface area contributed by atoms with Crippen LogP contribution in [0.5, 0.6) is 0 Å². The minimum absolute atomic E-state index is 0.120. The smallest absolute Gasteiger partial charge is 0.318 e. The van der Waals surface area contributed by atoms with Crippen molar-refractivity contribution in [2.45, 2.75) is 192 Å². The highest BCUT2D eigenvalue weighted by Crippen LogP contribution is 2.41. The number of ether oxygens (including phenoxy) is 7. The van der Waals surface area contributed by atoms with Crippen LogP contribution in [0.3, 0.4) is 0 Å². The van der Waals surface area contributed by atoms with E-state index in [1.54, 1.807) is 41.7 Å². The third-order valence-corrected chi connectivity index (χ3v) is 13.9. The van der Waals surface area contributed by atoms with Gasteiger partial charge in [-0.3, -0.25) is 4.79 Å². The van der Waals surface area contributed by atoms with Crippen molar-refractivity contribution < 1.29 is 63.2 Å². The van der Waals surface area contributed by atoms with E-state index < -0.39 is 102 Å². The van der Waals surface area contributed by atoms with Crippen LogP contribution in [-0.2, 0) is 44.5 Å². The number of aliphatic hydroxyl groups excluding tert-OH is 3. The Kier molecular flexibility index (Phi) is 18.2. The topological polar surface area (TPSA) is 198 Å². The Balaban J connectivity index is 1.87. The first-order chi connectivity index (χ1) is 28.9. The zero-order valence-electron chi connectivity index (χ0n) is 39.6. The molecular weight excluding hydrogens is 803 g/mol. The molecule has 4 rings (SSSR count). The summed E-state index contributed by atoms with van der Waals surface area (Å²) in [6, 6.07) is 7.74. The SMILES string of the molecule is CC[C@H]1OC(=O)[C@H](C)[C@@H](O[C@H]2C[C@@](C)(OC)[C@@H](O)[C@H](C)O2)[C@H](C)[C@@H](O[C@@H]2O[C@H](C)C[C@H](N(C)C)[C@H]2O)[C@](C)(OC)C[C@@H](C)CN(C(=O)NCc2ccccc2)[C@H](C)[C@@H](O)[C@]1(C)O. The number of urea groups is 1. The summed E-state index contributed by atoms with van der Waals surface area (Å²) in [6.07, 6.45) is -8.68. The highest BCUT2D eigenvalue weighted by Gasteiger charge is 2.53. The van der Waals surface area contributed by atoms with Gasteiger partial charge in [0.05, 0.1) is 47.6 Å². The summed E-state index contributed by atoms with van der Waals surface area (Å²) in [5.74, 6) is -2.80. The normalized spacial score (nSPS) is 43.0. The Hall–Kier alpha value is -2.48. The second kappa shape index (κ2) is 21.7. The molecule has 0 saturated carbocycles. The number of cyclic esters (lactones) is 1. The van der Waals surface area contributed by atoms with Crippen LogP contribution in [0.25, 0.3) is 0 Å².